The number of rotatable bonds is 3. The maximum absolute atomic E-state index is 12.8. The summed E-state index contributed by atoms with van der Waals surface area (Å²) in [6.45, 7) is 4.21. The van der Waals surface area contributed by atoms with Gasteiger partial charge < -0.3 is 10.2 Å². The summed E-state index contributed by atoms with van der Waals surface area (Å²) in [7, 11) is 0. The first kappa shape index (κ1) is 17.1. The van der Waals surface area contributed by atoms with Crippen molar-refractivity contribution in [2.24, 2.45) is 0 Å². The Kier molecular flexibility index (Phi) is 4.75. The van der Waals surface area contributed by atoms with Crippen molar-refractivity contribution in [2.75, 3.05) is 28.2 Å². The van der Waals surface area contributed by atoms with Gasteiger partial charge >= 0.3 is 6.03 Å². The van der Waals surface area contributed by atoms with Crippen LogP contribution in [0, 0.1) is 6.92 Å². The highest BCUT2D eigenvalue weighted by molar-refractivity contribution is 6.04. The molecule has 0 saturated heterocycles. The molecule has 0 unspecified atom stereocenters. The lowest BCUT2D eigenvalue weighted by molar-refractivity contribution is 0.256. The molecule has 2 aromatic carbocycles. The Morgan fingerprint density at radius 3 is 2.56 bits per heavy atom. The number of carbonyl (C=O) groups is 1. The van der Waals surface area contributed by atoms with Gasteiger partial charge in [0.15, 0.2) is 5.82 Å². The zero-order chi connectivity index (χ0) is 18.6. The lowest BCUT2D eigenvalue weighted by atomic mass is 10.1. The van der Waals surface area contributed by atoms with Crippen molar-refractivity contribution >= 4 is 23.2 Å². The lowest BCUT2D eigenvalue weighted by Crippen LogP contribution is -2.46. The Bertz CT molecular complexity index is 925. The molecule has 5 nitrogen and oxygen atoms in total. The van der Waals surface area contributed by atoms with Gasteiger partial charge in [0, 0.05) is 31.5 Å². The molecule has 0 spiro atoms. The predicted molar refractivity (Wildman–Crippen MR) is 109 cm³/mol. The van der Waals surface area contributed by atoms with E-state index < -0.39 is 0 Å². The van der Waals surface area contributed by atoms with Crippen LogP contribution in [0.1, 0.15) is 11.1 Å². The van der Waals surface area contributed by atoms with Gasteiger partial charge in [-0.2, -0.15) is 0 Å². The number of urea groups is 1. The number of aromatic nitrogens is 1. The molecule has 1 N–H and O–H groups in total. The summed E-state index contributed by atoms with van der Waals surface area (Å²) in [4.78, 5) is 21.4. The average molecular weight is 358 g/mol. The third-order valence-corrected chi connectivity index (χ3v) is 4.71. The van der Waals surface area contributed by atoms with Gasteiger partial charge in [-0.15, -0.1) is 0 Å². The van der Waals surface area contributed by atoms with Gasteiger partial charge in [0.25, 0.3) is 0 Å². The van der Waals surface area contributed by atoms with E-state index in [1.807, 2.05) is 42.5 Å². The number of fused-ring (bicyclic) bond motifs is 1. The largest absolute Gasteiger partial charge is 0.349 e. The summed E-state index contributed by atoms with van der Waals surface area (Å²) in [6.07, 6.45) is 1.78. The van der Waals surface area contributed by atoms with Gasteiger partial charge in [0.2, 0.25) is 0 Å². The van der Waals surface area contributed by atoms with E-state index in [-0.39, 0.29) is 6.03 Å². The van der Waals surface area contributed by atoms with Crippen molar-refractivity contribution in [3.63, 3.8) is 0 Å². The van der Waals surface area contributed by atoms with Gasteiger partial charge in [-0.3, -0.25) is 4.90 Å². The molecule has 0 bridgehead atoms. The maximum Gasteiger partial charge on any atom is 0.326 e. The topological polar surface area (TPSA) is 48.5 Å². The summed E-state index contributed by atoms with van der Waals surface area (Å²) in [5.74, 6) is 0.840. The molecule has 27 heavy (non-hydrogen) atoms. The van der Waals surface area contributed by atoms with Crippen LogP contribution in [0.4, 0.5) is 22.0 Å². The molecule has 0 radical (unpaired) electrons. The van der Waals surface area contributed by atoms with E-state index in [4.69, 9.17) is 0 Å². The number of hydrogen-bond donors (Lipinski definition) is 1. The Labute approximate surface area is 159 Å². The van der Waals surface area contributed by atoms with E-state index in [1.54, 1.807) is 11.1 Å². The van der Waals surface area contributed by atoms with Crippen LogP contribution in [-0.2, 0) is 6.54 Å². The normalized spacial score (nSPS) is 13.2. The molecule has 1 aliphatic heterocycles. The molecule has 2 heterocycles. The number of nitrogens with zero attached hydrogens (tertiary/aromatic N) is 3. The molecule has 5 heteroatoms. The third kappa shape index (κ3) is 3.77. The van der Waals surface area contributed by atoms with Crippen molar-refractivity contribution in [3.05, 3.63) is 84.1 Å². The Morgan fingerprint density at radius 1 is 1.00 bits per heavy atom. The number of anilines is 3. The molecule has 1 aromatic heterocycles. The fourth-order valence-electron chi connectivity index (χ4n) is 3.28. The first-order valence-electron chi connectivity index (χ1n) is 9.10. The molecular weight excluding hydrogens is 336 g/mol. The van der Waals surface area contributed by atoms with Crippen LogP contribution >= 0.6 is 0 Å². The van der Waals surface area contributed by atoms with Crippen LogP contribution in [0.5, 0.6) is 0 Å². The van der Waals surface area contributed by atoms with E-state index in [0.717, 1.165) is 30.3 Å². The monoisotopic (exact) mass is 358 g/mol. The highest BCUT2D eigenvalue weighted by Gasteiger charge is 2.27. The van der Waals surface area contributed by atoms with E-state index >= 15 is 0 Å². The van der Waals surface area contributed by atoms with Crippen LogP contribution in [0.15, 0.2) is 72.9 Å². The molecule has 2 amide bonds. The SMILES string of the molecule is Cc1ccc(CN2CCN(C(=O)Nc3ccccc3)c3cccnc32)cc1. The van der Waals surface area contributed by atoms with Gasteiger partial charge in [-0.1, -0.05) is 48.0 Å². The van der Waals surface area contributed by atoms with Gasteiger partial charge in [-0.25, -0.2) is 9.78 Å². The van der Waals surface area contributed by atoms with E-state index in [0.29, 0.717) is 6.54 Å². The van der Waals surface area contributed by atoms with Crippen LogP contribution in [0.3, 0.4) is 0 Å². The molecule has 1 aliphatic rings. The fourth-order valence-corrected chi connectivity index (χ4v) is 3.28. The molecule has 0 fully saturated rings. The predicted octanol–water partition coefficient (Wildman–Crippen LogP) is 4.45. The van der Waals surface area contributed by atoms with Crippen LogP contribution in [-0.4, -0.2) is 24.1 Å². The molecule has 4 rings (SSSR count). The van der Waals surface area contributed by atoms with Crippen molar-refractivity contribution in [3.8, 4) is 0 Å². The van der Waals surface area contributed by atoms with Gasteiger partial charge in [0.05, 0.1) is 5.69 Å². The highest BCUT2D eigenvalue weighted by Crippen LogP contribution is 2.32. The molecule has 0 atom stereocenters. The van der Waals surface area contributed by atoms with Crippen LogP contribution in [0.2, 0.25) is 0 Å². The Balaban J connectivity index is 1.55. The maximum atomic E-state index is 12.8. The highest BCUT2D eigenvalue weighted by atomic mass is 16.2. The summed E-state index contributed by atoms with van der Waals surface area (Å²) < 4.78 is 0. The zero-order valence-corrected chi connectivity index (χ0v) is 15.3. The first-order chi connectivity index (χ1) is 13.2. The zero-order valence-electron chi connectivity index (χ0n) is 15.3. The van der Waals surface area contributed by atoms with Crippen molar-refractivity contribution in [1.82, 2.24) is 4.98 Å². The molecule has 136 valence electrons. The molecule has 3 aromatic rings. The van der Waals surface area contributed by atoms with Gasteiger partial charge in [-0.05, 0) is 36.8 Å². The molecular formula is C22H22N4O. The second-order valence-corrected chi connectivity index (χ2v) is 6.70. The second-order valence-electron chi connectivity index (χ2n) is 6.70. The Hall–Kier alpha value is -3.34. The minimum atomic E-state index is -0.134. The summed E-state index contributed by atoms with van der Waals surface area (Å²) in [5.41, 5.74) is 4.11. The quantitative estimate of drug-likeness (QED) is 0.752. The summed E-state index contributed by atoms with van der Waals surface area (Å²) in [6, 6.07) is 21.7. The fraction of sp³-hybridized carbons (Fsp3) is 0.182. The third-order valence-electron chi connectivity index (χ3n) is 4.71. The number of pyridine rings is 1. The van der Waals surface area contributed by atoms with E-state index in [2.05, 4.69) is 46.4 Å². The number of carbonyl (C=O) groups excluding carboxylic acids is 1. The number of aryl methyl sites for hydroxylation is 1. The number of para-hydroxylation sites is 1. The van der Waals surface area contributed by atoms with E-state index in [1.165, 1.54) is 11.1 Å². The van der Waals surface area contributed by atoms with Gasteiger partial charge in [0.1, 0.15) is 0 Å². The molecule has 0 aliphatic carbocycles. The number of benzene rings is 2. The van der Waals surface area contributed by atoms with Crippen molar-refractivity contribution < 1.29 is 4.79 Å². The average Bonchev–Trinajstić information content (AvgIpc) is 2.70. The second kappa shape index (κ2) is 7.50. The van der Waals surface area contributed by atoms with E-state index in [9.17, 15) is 4.79 Å². The first-order valence-corrected chi connectivity index (χ1v) is 9.10. The standard InChI is InChI=1S/C22H22N4O/c1-17-9-11-18(12-10-17)16-25-14-15-26(20-8-5-13-23-21(20)25)22(27)24-19-6-3-2-4-7-19/h2-13H,14-16H2,1H3,(H,24,27). The van der Waals surface area contributed by atoms with Crippen molar-refractivity contribution in [2.45, 2.75) is 13.5 Å². The number of hydrogen-bond acceptors (Lipinski definition) is 3. The van der Waals surface area contributed by atoms with Crippen molar-refractivity contribution in [1.29, 1.82) is 0 Å². The number of nitrogens with one attached hydrogen (secondary N) is 1. The summed E-state index contributed by atoms with van der Waals surface area (Å²) >= 11 is 0. The summed E-state index contributed by atoms with van der Waals surface area (Å²) in [5, 5.41) is 2.96. The lowest BCUT2D eigenvalue weighted by Gasteiger charge is -2.36. The Morgan fingerprint density at radius 2 is 1.78 bits per heavy atom. The molecule has 0 saturated carbocycles. The smallest absolute Gasteiger partial charge is 0.326 e. The van der Waals surface area contributed by atoms with Crippen LogP contribution in [0.25, 0.3) is 0 Å². The van der Waals surface area contributed by atoms with Crippen LogP contribution < -0.4 is 15.1 Å². The minimum absolute atomic E-state index is 0.134. The minimum Gasteiger partial charge on any atom is -0.349 e. The number of amides is 2.